The summed E-state index contributed by atoms with van der Waals surface area (Å²) < 4.78 is 29.0. The van der Waals surface area contributed by atoms with Gasteiger partial charge >= 0.3 is 0 Å². The highest BCUT2D eigenvalue weighted by Gasteiger charge is 2.38. The van der Waals surface area contributed by atoms with Gasteiger partial charge in [-0.3, -0.25) is 4.90 Å². The molecule has 20 heavy (non-hydrogen) atoms. The minimum absolute atomic E-state index is 0.0899. The van der Waals surface area contributed by atoms with Gasteiger partial charge < -0.3 is 5.32 Å². The SMILES string of the molecule is CNCCCN(C)S(=O)(=O)NC1CCN2CCCCC12. The zero-order valence-corrected chi connectivity index (χ0v) is 13.5. The van der Waals surface area contributed by atoms with Gasteiger partial charge in [0.25, 0.3) is 10.2 Å². The van der Waals surface area contributed by atoms with E-state index >= 15 is 0 Å². The van der Waals surface area contributed by atoms with Crippen LogP contribution in [0.15, 0.2) is 0 Å². The van der Waals surface area contributed by atoms with Gasteiger partial charge in [0, 0.05) is 32.2 Å². The number of fused-ring (bicyclic) bond motifs is 1. The van der Waals surface area contributed by atoms with Gasteiger partial charge in [0.1, 0.15) is 0 Å². The van der Waals surface area contributed by atoms with E-state index in [-0.39, 0.29) is 6.04 Å². The number of nitrogens with zero attached hydrogens (tertiary/aromatic N) is 2. The van der Waals surface area contributed by atoms with Crippen molar-refractivity contribution >= 4 is 10.2 Å². The quantitative estimate of drug-likeness (QED) is 0.649. The lowest BCUT2D eigenvalue weighted by molar-refractivity contribution is 0.185. The van der Waals surface area contributed by atoms with Crippen molar-refractivity contribution < 1.29 is 8.42 Å². The van der Waals surface area contributed by atoms with Crippen LogP contribution in [-0.4, -0.2) is 70.0 Å². The van der Waals surface area contributed by atoms with Gasteiger partial charge in [0.15, 0.2) is 0 Å². The second kappa shape index (κ2) is 7.17. The molecule has 0 amide bonds. The Morgan fingerprint density at radius 3 is 2.80 bits per heavy atom. The van der Waals surface area contributed by atoms with Crippen LogP contribution in [0.2, 0.25) is 0 Å². The van der Waals surface area contributed by atoms with Crippen LogP contribution >= 0.6 is 0 Å². The highest BCUT2D eigenvalue weighted by atomic mass is 32.2. The van der Waals surface area contributed by atoms with Crippen LogP contribution in [0.1, 0.15) is 32.1 Å². The summed E-state index contributed by atoms with van der Waals surface area (Å²) in [6.07, 6.45) is 5.36. The first kappa shape index (κ1) is 16.2. The second-order valence-corrected chi connectivity index (χ2v) is 7.70. The molecule has 0 radical (unpaired) electrons. The maximum Gasteiger partial charge on any atom is 0.279 e. The van der Waals surface area contributed by atoms with E-state index in [9.17, 15) is 8.42 Å². The lowest BCUT2D eigenvalue weighted by Gasteiger charge is -2.33. The molecule has 0 aromatic rings. The Balaban J connectivity index is 1.87. The van der Waals surface area contributed by atoms with Crippen molar-refractivity contribution in [2.24, 2.45) is 0 Å². The normalized spacial score (nSPS) is 27.9. The van der Waals surface area contributed by atoms with E-state index in [0.29, 0.717) is 12.6 Å². The smallest absolute Gasteiger partial charge is 0.279 e. The number of hydrogen-bond donors (Lipinski definition) is 2. The zero-order valence-electron chi connectivity index (χ0n) is 12.6. The molecule has 0 saturated carbocycles. The molecular weight excluding hydrogens is 276 g/mol. The molecule has 2 atom stereocenters. The standard InChI is InChI=1S/C13H28N4O2S/c1-14-8-5-9-16(2)20(18,19)15-12-7-11-17-10-4-3-6-13(12)17/h12-15H,3-11H2,1-2H3. The second-order valence-electron chi connectivity index (χ2n) is 5.90. The Kier molecular flexibility index (Phi) is 5.80. The van der Waals surface area contributed by atoms with Gasteiger partial charge in [0.2, 0.25) is 0 Å². The molecule has 2 N–H and O–H groups in total. The van der Waals surface area contributed by atoms with Crippen molar-refractivity contribution in [1.82, 2.24) is 19.2 Å². The van der Waals surface area contributed by atoms with Crippen LogP contribution in [-0.2, 0) is 10.2 Å². The van der Waals surface area contributed by atoms with Crippen molar-refractivity contribution in [3.8, 4) is 0 Å². The summed E-state index contributed by atoms with van der Waals surface area (Å²) >= 11 is 0. The fraction of sp³-hybridized carbons (Fsp3) is 1.00. The summed E-state index contributed by atoms with van der Waals surface area (Å²) in [5, 5.41) is 3.04. The molecule has 2 aliphatic heterocycles. The molecule has 0 spiro atoms. The Labute approximate surface area is 123 Å². The third-order valence-corrected chi connectivity index (χ3v) is 6.07. The van der Waals surface area contributed by atoms with Crippen LogP contribution in [0, 0.1) is 0 Å². The average molecular weight is 304 g/mol. The summed E-state index contributed by atoms with van der Waals surface area (Å²) in [5.74, 6) is 0. The molecule has 2 saturated heterocycles. The van der Waals surface area contributed by atoms with Crippen molar-refractivity contribution in [3.63, 3.8) is 0 Å². The first-order chi connectivity index (χ1) is 9.54. The maximum absolute atomic E-state index is 12.3. The highest BCUT2D eigenvalue weighted by Crippen LogP contribution is 2.27. The van der Waals surface area contributed by atoms with Crippen LogP contribution < -0.4 is 10.0 Å². The molecule has 118 valence electrons. The predicted octanol–water partition coefficient (Wildman–Crippen LogP) is -0.0111. The fourth-order valence-electron chi connectivity index (χ4n) is 3.26. The third-order valence-electron chi connectivity index (χ3n) is 4.47. The van der Waals surface area contributed by atoms with Crippen LogP contribution in [0.3, 0.4) is 0 Å². The van der Waals surface area contributed by atoms with Gasteiger partial charge in [-0.25, -0.2) is 0 Å². The van der Waals surface area contributed by atoms with Gasteiger partial charge in [0.05, 0.1) is 0 Å². The largest absolute Gasteiger partial charge is 0.320 e. The number of nitrogens with one attached hydrogen (secondary N) is 2. The van der Waals surface area contributed by atoms with Crippen molar-refractivity contribution in [2.75, 3.05) is 40.3 Å². The molecule has 0 bridgehead atoms. The minimum Gasteiger partial charge on any atom is -0.320 e. The molecule has 2 aliphatic rings. The Hall–Kier alpha value is -0.210. The van der Waals surface area contributed by atoms with E-state index in [0.717, 1.165) is 38.9 Å². The third kappa shape index (κ3) is 3.92. The van der Waals surface area contributed by atoms with Crippen LogP contribution in [0.4, 0.5) is 0 Å². The lowest BCUT2D eigenvalue weighted by atomic mass is 10.00. The van der Waals surface area contributed by atoms with Crippen molar-refractivity contribution in [2.45, 2.75) is 44.2 Å². The van der Waals surface area contributed by atoms with E-state index in [1.54, 1.807) is 7.05 Å². The average Bonchev–Trinajstić information content (AvgIpc) is 2.82. The molecule has 7 heteroatoms. The molecule has 0 aromatic heterocycles. The molecule has 2 fully saturated rings. The highest BCUT2D eigenvalue weighted by molar-refractivity contribution is 7.87. The summed E-state index contributed by atoms with van der Waals surface area (Å²) in [7, 11) is 0.190. The molecular formula is C13H28N4O2S. The van der Waals surface area contributed by atoms with E-state index < -0.39 is 10.2 Å². The van der Waals surface area contributed by atoms with Gasteiger partial charge in [-0.1, -0.05) is 6.42 Å². The Bertz CT molecular complexity index is 401. The summed E-state index contributed by atoms with van der Waals surface area (Å²) in [6.45, 7) is 3.54. The summed E-state index contributed by atoms with van der Waals surface area (Å²) in [5.41, 5.74) is 0. The number of piperidine rings is 1. The van der Waals surface area contributed by atoms with E-state index in [1.165, 1.54) is 17.1 Å². The number of hydrogen-bond acceptors (Lipinski definition) is 4. The Morgan fingerprint density at radius 1 is 1.25 bits per heavy atom. The first-order valence-electron chi connectivity index (χ1n) is 7.67. The van der Waals surface area contributed by atoms with Gasteiger partial charge in [-0.2, -0.15) is 17.4 Å². The van der Waals surface area contributed by atoms with E-state index in [2.05, 4.69) is 14.9 Å². The predicted molar refractivity (Wildman–Crippen MR) is 80.8 cm³/mol. The summed E-state index contributed by atoms with van der Waals surface area (Å²) in [6, 6.07) is 0.497. The van der Waals surface area contributed by atoms with E-state index in [1.807, 2.05) is 7.05 Å². The van der Waals surface area contributed by atoms with E-state index in [4.69, 9.17) is 0 Å². The monoisotopic (exact) mass is 304 g/mol. The Morgan fingerprint density at radius 2 is 2.05 bits per heavy atom. The maximum atomic E-state index is 12.3. The molecule has 2 rings (SSSR count). The van der Waals surface area contributed by atoms with Crippen molar-refractivity contribution in [3.05, 3.63) is 0 Å². The molecule has 6 nitrogen and oxygen atoms in total. The zero-order chi connectivity index (χ0) is 14.6. The first-order valence-corrected chi connectivity index (χ1v) is 9.11. The van der Waals surface area contributed by atoms with Crippen molar-refractivity contribution in [1.29, 1.82) is 0 Å². The lowest BCUT2D eigenvalue weighted by Crippen LogP contribution is -2.50. The molecule has 2 unspecified atom stereocenters. The topological polar surface area (TPSA) is 64.7 Å². The number of rotatable bonds is 7. The minimum atomic E-state index is -3.35. The van der Waals surface area contributed by atoms with Gasteiger partial charge in [-0.05, 0) is 45.8 Å². The molecule has 2 heterocycles. The fourth-order valence-corrected chi connectivity index (χ4v) is 4.47. The molecule has 0 aliphatic carbocycles. The summed E-state index contributed by atoms with van der Waals surface area (Å²) in [4.78, 5) is 2.44. The van der Waals surface area contributed by atoms with Gasteiger partial charge in [-0.15, -0.1) is 0 Å². The molecule has 0 aromatic carbocycles. The van der Waals surface area contributed by atoms with Crippen LogP contribution in [0.25, 0.3) is 0 Å². The van der Waals surface area contributed by atoms with Crippen LogP contribution in [0.5, 0.6) is 0 Å².